The zero-order valence-electron chi connectivity index (χ0n) is 12.5. The number of rotatable bonds is 5. The van der Waals surface area contributed by atoms with Crippen LogP contribution in [0.5, 0.6) is 0 Å². The molecule has 0 radical (unpaired) electrons. The summed E-state index contributed by atoms with van der Waals surface area (Å²) in [5.74, 6) is -0.729. The van der Waals surface area contributed by atoms with E-state index in [-0.39, 0.29) is 4.21 Å². The molecule has 0 unspecified atom stereocenters. The Morgan fingerprint density at radius 2 is 1.82 bits per heavy atom. The molecule has 0 aliphatic heterocycles. The molecule has 1 N–H and O–H groups in total. The van der Waals surface area contributed by atoms with Crippen LogP contribution in [-0.4, -0.2) is 21.4 Å². The molecular formula is C15H17NO4S2. The largest absolute Gasteiger partial charge is 0.364 e. The fraction of sp³-hybridized carbons (Fsp3) is 0.267. The minimum atomic E-state index is -3.90. The number of aryl methyl sites for hydroxylation is 1. The molecule has 2 rings (SSSR count). The fourth-order valence-electron chi connectivity index (χ4n) is 1.92. The lowest BCUT2D eigenvalue weighted by Crippen LogP contribution is -2.45. The van der Waals surface area contributed by atoms with Crippen LogP contribution in [-0.2, 0) is 25.2 Å². The molecular weight excluding hydrogens is 322 g/mol. The molecule has 1 heterocycles. The molecule has 0 saturated heterocycles. The van der Waals surface area contributed by atoms with Gasteiger partial charge in [-0.25, -0.2) is 13.1 Å². The van der Waals surface area contributed by atoms with E-state index >= 15 is 0 Å². The summed E-state index contributed by atoms with van der Waals surface area (Å²) in [6.07, 6.45) is 0. The summed E-state index contributed by atoms with van der Waals surface area (Å²) in [5.41, 5.74) is -0.812. The first-order valence-electron chi connectivity index (χ1n) is 6.54. The molecule has 0 saturated carbocycles. The Morgan fingerprint density at radius 1 is 1.18 bits per heavy atom. The normalized spacial score (nSPS) is 14.3. The summed E-state index contributed by atoms with van der Waals surface area (Å²) in [7, 11) is -2.53. The van der Waals surface area contributed by atoms with Gasteiger partial charge in [0.1, 0.15) is 4.21 Å². The summed E-state index contributed by atoms with van der Waals surface area (Å²) < 4.78 is 32.0. The minimum absolute atomic E-state index is 0.102. The molecule has 118 valence electrons. The highest BCUT2D eigenvalue weighted by atomic mass is 32.2. The van der Waals surface area contributed by atoms with Crippen LogP contribution >= 0.6 is 11.3 Å². The Balaban J connectivity index is 2.31. The highest BCUT2D eigenvalue weighted by molar-refractivity contribution is 7.92. The molecule has 0 aliphatic rings. The minimum Gasteiger partial charge on any atom is -0.364 e. The number of hydrogen-bond acceptors (Lipinski definition) is 5. The van der Waals surface area contributed by atoms with Gasteiger partial charge in [-0.3, -0.25) is 4.79 Å². The molecule has 22 heavy (non-hydrogen) atoms. The van der Waals surface area contributed by atoms with E-state index < -0.39 is 21.5 Å². The van der Waals surface area contributed by atoms with Crippen molar-refractivity contribution in [1.82, 2.24) is 4.72 Å². The average Bonchev–Trinajstić information content (AvgIpc) is 2.94. The van der Waals surface area contributed by atoms with Gasteiger partial charge in [-0.2, -0.15) is 0 Å². The number of carbonyl (C=O) groups is 1. The van der Waals surface area contributed by atoms with Gasteiger partial charge in [-0.15, -0.1) is 11.3 Å². The SMILES string of the molecule is CO[C@](C)(C(=O)NS(=O)(=O)c1ccc(C)s1)c1ccccc1. The maximum Gasteiger partial charge on any atom is 0.273 e. The molecule has 0 bridgehead atoms. The van der Waals surface area contributed by atoms with E-state index in [2.05, 4.69) is 4.72 Å². The molecule has 5 nitrogen and oxygen atoms in total. The highest BCUT2D eigenvalue weighted by Gasteiger charge is 2.38. The molecule has 7 heteroatoms. The molecule has 1 atom stereocenters. The van der Waals surface area contributed by atoms with Crippen LogP contribution < -0.4 is 4.72 Å². The molecule has 0 fully saturated rings. The molecule has 1 aromatic carbocycles. The van der Waals surface area contributed by atoms with Crippen LogP contribution in [0, 0.1) is 6.92 Å². The summed E-state index contributed by atoms with van der Waals surface area (Å²) in [6.45, 7) is 3.33. The predicted molar refractivity (Wildman–Crippen MR) is 85.2 cm³/mol. The number of carbonyl (C=O) groups excluding carboxylic acids is 1. The van der Waals surface area contributed by atoms with Crippen molar-refractivity contribution in [3.8, 4) is 0 Å². The zero-order valence-corrected chi connectivity index (χ0v) is 14.1. The van der Waals surface area contributed by atoms with Crippen molar-refractivity contribution in [3.63, 3.8) is 0 Å². The topological polar surface area (TPSA) is 72.5 Å². The van der Waals surface area contributed by atoms with E-state index in [0.717, 1.165) is 16.2 Å². The third kappa shape index (κ3) is 3.21. The van der Waals surface area contributed by atoms with Gasteiger partial charge in [-0.05, 0) is 31.5 Å². The zero-order chi connectivity index (χ0) is 16.4. The van der Waals surface area contributed by atoms with E-state index in [1.54, 1.807) is 37.3 Å². The second kappa shape index (κ2) is 6.20. The Labute approximate surface area is 134 Å². The van der Waals surface area contributed by atoms with Crippen molar-refractivity contribution in [2.24, 2.45) is 0 Å². The molecule has 1 amide bonds. The van der Waals surface area contributed by atoms with Crippen LogP contribution in [0.3, 0.4) is 0 Å². The van der Waals surface area contributed by atoms with Crippen molar-refractivity contribution < 1.29 is 17.9 Å². The van der Waals surface area contributed by atoms with Crippen molar-refractivity contribution in [3.05, 3.63) is 52.9 Å². The number of ether oxygens (including phenoxy) is 1. The van der Waals surface area contributed by atoms with Crippen LogP contribution in [0.25, 0.3) is 0 Å². The van der Waals surface area contributed by atoms with E-state index in [1.165, 1.54) is 20.1 Å². The molecule has 2 aromatic rings. The van der Waals surface area contributed by atoms with E-state index in [4.69, 9.17) is 4.74 Å². The standard InChI is InChI=1S/C15H17NO4S2/c1-11-9-10-13(21-11)22(18,19)16-14(17)15(2,20-3)12-7-5-4-6-8-12/h4-10H,1-3H3,(H,16,17)/t15-/m0/s1. The average molecular weight is 339 g/mol. The van der Waals surface area contributed by atoms with Gasteiger partial charge < -0.3 is 4.74 Å². The third-order valence-corrected chi connectivity index (χ3v) is 6.20. The second-order valence-corrected chi connectivity index (χ2v) is 8.10. The first-order chi connectivity index (χ1) is 10.3. The van der Waals surface area contributed by atoms with Crippen LogP contribution in [0.2, 0.25) is 0 Å². The van der Waals surface area contributed by atoms with Gasteiger partial charge in [0.05, 0.1) is 0 Å². The van der Waals surface area contributed by atoms with Crippen molar-refractivity contribution in [1.29, 1.82) is 0 Å². The number of hydrogen-bond donors (Lipinski definition) is 1. The summed E-state index contributed by atoms with van der Waals surface area (Å²) in [6, 6.07) is 11.9. The van der Waals surface area contributed by atoms with E-state index in [1.807, 2.05) is 6.07 Å². The first kappa shape index (κ1) is 16.7. The number of sulfonamides is 1. The number of nitrogens with one attached hydrogen (secondary N) is 1. The lowest BCUT2D eigenvalue weighted by molar-refractivity contribution is -0.140. The van der Waals surface area contributed by atoms with Gasteiger partial charge in [0.25, 0.3) is 15.9 Å². The van der Waals surface area contributed by atoms with E-state index in [0.29, 0.717) is 5.56 Å². The quantitative estimate of drug-likeness (QED) is 0.908. The Kier molecular flexibility index (Phi) is 4.69. The fourth-order valence-corrected chi connectivity index (χ4v) is 4.26. The molecule has 0 spiro atoms. The lowest BCUT2D eigenvalue weighted by atomic mass is 9.95. The van der Waals surface area contributed by atoms with Gasteiger partial charge >= 0.3 is 0 Å². The second-order valence-electron chi connectivity index (χ2n) is 4.90. The van der Waals surface area contributed by atoms with Crippen molar-refractivity contribution >= 4 is 27.3 Å². The number of amides is 1. The van der Waals surface area contributed by atoms with Gasteiger partial charge in [-0.1, -0.05) is 30.3 Å². The molecule has 1 aromatic heterocycles. The number of thiophene rings is 1. The number of methoxy groups -OCH3 is 1. The summed E-state index contributed by atoms with van der Waals surface area (Å²) >= 11 is 1.11. The Morgan fingerprint density at radius 3 is 2.32 bits per heavy atom. The summed E-state index contributed by atoms with van der Waals surface area (Å²) in [5, 5.41) is 0. The Bertz CT molecular complexity index is 768. The Hall–Kier alpha value is -1.70. The number of benzene rings is 1. The summed E-state index contributed by atoms with van der Waals surface area (Å²) in [4.78, 5) is 13.3. The van der Waals surface area contributed by atoms with Crippen LogP contribution in [0.15, 0.2) is 46.7 Å². The highest BCUT2D eigenvalue weighted by Crippen LogP contribution is 2.26. The van der Waals surface area contributed by atoms with Gasteiger partial charge in [0.15, 0.2) is 5.60 Å². The van der Waals surface area contributed by atoms with Crippen molar-refractivity contribution in [2.45, 2.75) is 23.7 Å². The van der Waals surface area contributed by atoms with Gasteiger partial charge in [0.2, 0.25) is 0 Å². The predicted octanol–water partition coefficient (Wildman–Crippen LogP) is 2.42. The van der Waals surface area contributed by atoms with Crippen molar-refractivity contribution in [2.75, 3.05) is 7.11 Å². The lowest BCUT2D eigenvalue weighted by Gasteiger charge is -2.26. The first-order valence-corrected chi connectivity index (χ1v) is 8.84. The maximum absolute atomic E-state index is 12.5. The monoisotopic (exact) mass is 339 g/mol. The van der Waals surface area contributed by atoms with E-state index in [9.17, 15) is 13.2 Å². The maximum atomic E-state index is 12.5. The molecule has 0 aliphatic carbocycles. The smallest absolute Gasteiger partial charge is 0.273 e. The van der Waals surface area contributed by atoms with Crippen LogP contribution in [0.1, 0.15) is 17.4 Å². The van der Waals surface area contributed by atoms with Gasteiger partial charge in [0, 0.05) is 12.0 Å². The van der Waals surface area contributed by atoms with Crippen LogP contribution in [0.4, 0.5) is 0 Å². The third-order valence-electron chi connectivity index (χ3n) is 3.37.